The summed E-state index contributed by atoms with van der Waals surface area (Å²) in [5.74, 6) is -1.07. The van der Waals surface area contributed by atoms with Crippen LogP contribution in [0.1, 0.15) is 60.3 Å². The van der Waals surface area contributed by atoms with Crippen molar-refractivity contribution in [1.82, 2.24) is 9.80 Å². The van der Waals surface area contributed by atoms with Gasteiger partial charge in [0, 0.05) is 13.1 Å². The fourth-order valence-electron chi connectivity index (χ4n) is 3.83. The second-order valence-electron chi connectivity index (χ2n) is 8.50. The number of aliphatic carboxylic acids is 1. The molecule has 2 heterocycles. The lowest BCUT2D eigenvalue weighted by Gasteiger charge is -2.35. The molecule has 7 nitrogen and oxygen atoms in total. The van der Waals surface area contributed by atoms with Crippen LogP contribution in [0, 0.1) is 5.92 Å². The fourth-order valence-corrected chi connectivity index (χ4v) is 3.83. The monoisotopic (exact) mass is 354 g/mol. The maximum absolute atomic E-state index is 13.2. The van der Waals surface area contributed by atoms with Crippen LogP contribution in [0.25, 0.3) is 0 Å². The number of hydrogen-bond acceptors (Lipinski definition) is 4. The van der Waals surface area contributed by atoms with Crippen molar-refractivity contribution < 1.29 is 24.2 Å². The number of hydrogen-bond donors (Lipinski definition) is 1. The zero-order chi connectivity index (χ0) is 19.0. The van der Waals surface area contributed by atoms with Crippen LogP contribution in [-0.2, 0) is 14.3 Å². The largest absolute Gasteiger partial charge is 0.480 e. The zero-order valence-corrected chi connectivity index (χ0v) is 15.9. The van der Waals surface area contributed by atoms with E-state index >= 15 is 0 Å². The molecule has 2 fully saturated rings. The van der Waals surface area contributed by atoms with Crippen LogP contribution in [0.2, 0.25) is 0 Å². The molecule has 25 heavy (non-hydrogen) atoms. The number of amides is 2. The van der Waals surface area contributed by atoms with Crippen LogP contribution in [0.15, 0.2) is 0 Å². The number of carboxylic acids is 1. The van der Waals surface area contributed by atoms with Crippen LogP contribution in [0.3, 0.4) is 0 Å². The number of rotatable bonds is 4. The summed E-state index contributed by atoms with van der Waals surface area (Å²) in [5, 5.41) is 9.56. The first-order valence-corrected chi connectivity index (χ1v) is 9.02. The maximum Gasteiger partial charge on any atom is 0.411 e. The Labute approximate surface area is 149 Å². The summed E-state index contributed by atoms with van der Waals surface area (Å²) < 4.78 is 5.46. The summed E-state index contributed by atoms with van der Waals surface area (Å²) in [6, 6.07) is -0.840. The third-order valence-corrected chi connectivity index (χ3v) is 4.88. The smallest absolute Gasteiger partial charge is 0.411 e. The molecule has 2 atom stereocenters. The van der Waals surface area contributed by atoms with Crippen molar-refractivity contribution in [3.63, 3.8) is 0 Å². The molecule has 2 saturated heterocycles. The molecule has 2 aliphatic heterocycles. The predicted octanol–water partition coefficient (Wildman–Crippen LogP) is 2.49. The molecule has 0 aliphatic carbocycles. The summed E-state index contributed by atoms with van der Waals surface area (Å²) in [6.45, 7) is 10.1. The lowest BCUT2D eigenvalue weighted by atomic mass is 9.94. The second kappa shape index (κ2) is 6.84. The van der Waals surface area contributed by atoms with Crippen molar-refractivity contribution in [2.75, 3.05) is 13.1 Å². The van der Waals surface area contributed by atoms with E-state index in [9.17, 15) is 19.5 Å². The van der Waals surface area contributed by atoms with Gasteiger partial charge >= 0.3 is 12.1 Å². The van der Waals surface area contributed by atoms with Crippen LogP contribution >= 0.6 is 0 Å². The Bertz CT molecular complexity index is 554. The standard InChI is InChI=1S/C18H30N2O5/c1-12(2)11-13(14(21)22)19-10-8-18(15(19)23)7-6-9-20(18)16(24)25-17(3,4)5/h12-13H,6-11H2,1-5H3,(H,21,22)/t13-,18-/m0/s1. The zero-order valence-electron chi connectivity index (χ0n) is 15.9. The number of carboxylic acid groups (broad SMARTS) is 1. The van der Waals surface area contributed by atoms with Crippen molar-refractivity contribution in [3.05, 3.63) is 0 Å². The van der Waals surface area contributed by atoms with Gasteiger partial charge in [0.2, 0.25) is 5.91 Å². The highest BCUT2D eigenvalue weighted by molar-refractivity contribution is 5.95. The molecule has 0 unspecified atom stereocenters. The molecule has 2 amide bonds. The van der Waals surface area contributed by atoms with Gasteiger partial charge in [-0.25, -0.2) is 9.59 Å². The summed E-state index contributed by atoms with van der Waals surface area (Å²) in [4.78, 5) is 40.4. The minimum Gasteiger partial charge on any atom is -0.480 e. The maximum atomic E-state index is 13.2. The highest BCUT2D eigenvalue weighted by atomic mass is 16.6. The summed E-state index contributed by atoms with van der Waals surface area (Å²) in [7, 11) is 0. The number of nitrogens with zero attached hydrogens (tertiary/aromatic N) is 2. The molecule has 2 aliphatic rings. The number of ether oxygens (including phenoxy) is 1. The first-order valence-electron chi connectivity index (χ1n) is 9.02. The van der Waals surface area contributed by atoms with E-state index in [0.29, 0.717) is 32.4 Å². The van der Waals surface area contributed by atoms with Gasteiger partial charge in [-0.1, -0.05) is 13.8 Å². The SMILES string of the molecule is CC(C)C[C@@H](C(=O)O)N1CC[C@@]2(CCCN2C(=O)OC(C)(C)C)C1=O. The van der Waals surface area contributed by atoms with Gasteiger partial charge in [-0.3, -0.25) is 9.69 Å². The minimum absolute atomic E-state index is 0.163. The Balaban J connectivity index is 2.23. The Morgan fingerprint density at radius 2 is 1.88 bits per heavy atom. The van der Waals surface area contributed by atoms with Crippen molar-refractivity contribution in [2.24, 2.45) is 5.92 Å². The lowest BCUT2D eigenvalue weighted by Crippen LogP contribution is -2.55. The predicted molar refractivity (Wildman–Crippen MR) is 92.1 cm³/mol. The molecule has 2 rings (SSSR count). The highest BCUT2D eigenvalue weighted by Crippen LogP contribution is 2.40. The molecule has 0 saturated carbocycles. The topological polar surface area (TPSA) is 87.2 Å². The number of likely N-dealkylation sites (tertiary alicyclic amines) is 2. The molecule has 0 aromatic heterocycles. The van der Waals surface area contributed by atoms with E-state index in [-0.39, 0.29) is 11.8 Å². The number of carbonyl (C=O) groups excluding carboxylic acids is 2. The average Bonchev–Trinajstić information content (AvgIpc) is 3.01. The molecule has 7 heteroatoms. The highest BCUT2D eigenvalue weighted by Gasteiger charge is 2.57. The molecular formula is C18H30N2O5. The summed E-state index contributed by atoms with van der Waals surface area (Å²) >= 11 is 0. The van der Waals surface area contributed by atoms with Gasteiger partial charge in [0.15, 0.2) is 0 Å². The van der Waals surface area contributed by atoms with Crippen LogP contribution in [0.5, 0.6) is 0 Å². The van der Waals surface area contributed by atoms with E-state index < -0.39 is 29.2 Å². The molecule has 142 valence electrons. The van der Waals surface area contributed by atoms with Crippen molar-refractivity contribution >= 4 is 18.0 Å². The Morgan fingerprint density at radius 3 is 2.40 bits per heavy atom. The molecule has 0 bridgehead atoms. The van der Waals surface area contributed by atoms with Gasteiger partial charge in [-0.15, -0.1) is 0 Å². The first kappa shape index (κ1) is 19.5. The summed E-state index contributed by atoms with van der Waals surface area (Å²) in [6.07, 6.45) is 1.67. The van der Waals surface area contributed by atoms with Crippen LogP contribution < -0.4 is 0 Å². The molecular weight excluding hydrogens is 324 g/mol. The van der Waals surface area contributed by atoms with E-state index in [1.807, 2.05) is 13.8 Å². The van der Waals surface area contributed by atoms with Gasteiger partial charge in [-0.05, 0) is 52.4 Å². The molecule has 1 N–H and O–H groups in total. The van der Waals surface area contributed by atoms with Gasteiger partial charge < -0.3 is 14.7 Å². The van der Waals surface area contributed by atoms with Crippen molar-refractivity contribution in [2.45, 2.75) is 77.5 Å². The van der Waals surface area contributed by atoms with E-state index in [4.69, 9.17) is 4.74 Å². The van der Waals surface area contributed by atoms with Gasteiger partial charge in [0.05, 0.1) is 0 Å². The normalized spacial score (nSPS) is 25.1. The number of carbonyl (C=O) groups is 3. The quantitative estimate of drug-likeness (QED) is 0.838. The third kappa shape index (κ3) is 3.90. The lowest BCUT2D eigenvalue weighted by molar-refractivity contribution is -0.151. The van der Waals surface area contributed by atoms with Gasteiger partial charge in [-0.2, -0.15) is 0 Å². The molecule has 0 aromatic carbocycles. The second-order valence-corrected chi connectivity index (χ2v) is 8.50. The molecule has 0 radical (unpaired) electrons. The van der Waals surface area contributed by atoms with E-state index in [2.05, 4.69) is 0 Å². The van der Waals surface area contributed by atoms with Gasteiger partial charge in [0.1, 0.15) is 17.2 Å². The van der Waals surface area contributed by atoms with E-state index in [0.717, 1.165) is 6.42 Å². The fraction of sp³-hybridized carbons (Fsp3) is 0.833. The third-order valence-electron chi connectivity index (χ3n) is 4.88. The first-order chi connectivity index (χ1) is 11.5. The molecule has 1 spiro atoms. The van der Waals surface area contributed by atoms with Crippen LogP contribution in [-0.4, -0.2) is 63.1 Å². The summed E-state index contributed by atoms with van der Waals surface area (Å²) in [5.41, 5.74) is -1.57. The Hall–Kier alpha value is -1.79. The van der Waals surface area contributed by atoms with Gasteiger partial charge in [0.25, 0.3) is 0 Å². The van der Waals surface area contributed by atoms with E-state index in [1.54, 1.807) is 20.8 Å². The molecule has 0 aromatic rings. The van der Waals surface area contributed by atoms with Crippen molar-refractivity contribution in [3.8, 4) is 0 Å². The minimum atomic E-state index is -0.985. The Morgan fingerprint density at radius 1 is 1.24 bits per heavy atom. The van der Waals surface area contributed by atoms with Crippen LogP contribution in [0.4, 0.5) is 4.79 Å². The Kier molecular flexibility index (Phi) is 5.35. The average molecular weight is 354 g/mol. The van der Waals surface area contributed by atoms with Crippen molar-refractivity contribution in [1.29, 1.82) is 0 Å². The van der Waals surface area contributed by atoms with E-state index in [1.165, 1.54) is 9.80 Å².